The highest BCUT2D eigenvalue weighted by Gasteiger charge is 2.29. The summed E-state index contributed by atoms with van der Waals surface area (Å²) in [6.45, 7) is 0. The van der Waals surface area contributed by atoms with Crippen molar-refractivity contribution in [3.05, 3.63) is 53.9 Å². The van der Waals surface area contributed by atoms with E-state index in [-0.39, 0.29) is 17.8 Å². The van der Waals surface area contributed by atoms with Crippen LogP contribution >= 0.6 is 0 Å². The molecular weight excluding hydrogens is 281 g/mol. The van der Waals surface area contributed by atoms with Gasteiger partial charge in [-0.2, -0.15) is 0 Å². The molecule has 5 heteroatoms. The van der Waals surface area contributed by atoms with Crippen LogP contribution in [0.2, 0.25) is 0 Å². The molecule has 1 aliphatic rings. The number of rotatable bonds is 4. The maximum atomic E-state index is 13.0. The molecule has 0 spiro atoms. The van der Waals surface area contributed by atoms with Crippen LogP contribution in [0.5, 0.6) is 0 Å². The summed E-state index contributed by atoms with van der Waals surface area (Å²) in [5.74, 6) is 0.500. The lowest BCUT2D eigenvalue weighted by Crippen LogP contribution is -2.39. The summed E-state index contributed by atoms with van der Waals surface area (Å²) in [6.07, 6.45) is 7.44. The summed E-state index contributed by atoms with van der Waals surface area (Å²) >= 11 is 0. The van der Waals surface area contributed by atoms with Gasteiger partial charge in [0, 0.05) is 25.5 Å². The summed E-state index contributed by atoms with van der Waals surface area (Å²) in [6, 6.07) is 6.79. The number of hydrogen-bond donors (Lipinski definition) is 1. The maximum Gasteiger partial charge on any atom is 0.287 e. The fourth-order valence-electron chi connectivity index (χ4n) is 3.21. The van der Waals surface area contributed by atoms with E-state index in [1.54, 1.807) is 17.0 Å². The number of imidazole rings is 1. The molecule has 1 fully saturated rings. The van der Waals surface area contributed by atoms with Gasteiger partial charge < -0.3 is 9.88 Å². The molecule has 1 heterocycles. The third-order valence-corrected chi connectivity index (χ3v) is 4.41. The van der Waals surface area contributed by atoms with Crippen LogP contribution in [0.3, 0.4) is 0 Å². The van der Waals surface area contributed by atoms with Crippen molar-refractivity contribution >= 4 is 5.91 Å². The Bertz CT molecular complexity index is 650. The van der Waals surface area contributed by atoms with Gasteiger partial charge in [0.05, 0.1) is 0 Å². The first kappa shape index (κ1) is 14.8. The molecule has 0 bridgehead atoms. The molecule has 1 aromatic carbocycles. The Kier molecular flexibility index (Phi) is 4.22. The highest BCUT2D eigenvalue weighted by molar-refractivity contribution is 5.91. The molecule has 1 saturated carbocycles. The van der Waals surface area contributed by atoms with E-state index in [9.17, 15) is 9.18 Å². The van der Waals surface area contributed by atoms with Gasteiger partial charge in [0.15, 0.2) is 5.82 Å². The van der Waals surface area contributed by atoms with Gasteiger partial charge in [-0.1, -0.05) is 18.6 Å². The van der Waals surface area contributed by atoms with Crippen LogP contribution in [0.15, 0.2) is 36.7 Å². The Morgan fingerprint density at radius 1 is 1.36 bits per heavy atom. The van der Waals surface area contributed by atoms with Crippen LogP contribution in [0.25, 0.3) is 0 Å². The second-order valence-electron chi connectivity index (χ2n) is 5.96. The van der Waals surface area contributed by atoms with Gasteiger partial charge in [0.25, 0.3) is 5.91 Å². The fraction of sp³-hybridized carbons (Fsp3) is 0.412. The molecule has 2 aromatic rings. The highest BCUT2D eigenvalue weighted by Crippen LogP contribution is 2.29. The highest BCUT2D eigenvalue weighted by atomic mass is 19.1. The molecule has 0 unspecified atom stereocenters. The molecule has 1 N–H and O–H groups in total. The molecule has 1 aliphatic carbocycles. The largest absolute Gasteiger partial charge is 0.346 e. The van der Waals surface area contributed by atoms with E-state index in [1.165, 1.54) is 12.1 Å². The molecular formula is C17H20FN3O. The number of amides is 1. The second kappa shape index (κ2) is 6.30. The second-order valence-corrected chi connectivity index (χ2v) is 5.96. The average Bonchev–Trinajstić information content (AvgIpc) is 3.11. The molecule has 2 atom stereocenters. The van der Waals surface area contributed by atoms with Crippen LogP contribution in [0.1, 0.15) is 35.4 Å². The van der Waals surface area contributed by atoms with Gasteiger partial charge in [0.2, 0.25) is 0 Å². The van der Waals surface area contributed by atoms with E-state index in [4.69, 9.17) is 0 Å². The zero-order valence-corrected chi connectivity index (χ0v) is 12.6. The summed E-state index contributed by atoms with van der Waals surface area (Å²) in [4.78, 5) is 16.4. The number of hydrogen-bond acceptors (Lipinski definition) is 2. The van der Waals surface area contributed by atoms with Gasteiger partial charge in [-0.05, 0) is 42.9 Å². The third kappa shape index (κ3) is 3.18. The van der Waals surface area contributed by atoms with Gasteiger partial charge in [-0.25, -0.2) is 9.37 Å². The summed E-state index contributed by atoms with van der Waals surface area (Å²) in [5.41, 5.74) is 1.12. The lowest BCUT2D eigenvalue weighted by Gasteiger charge is -2.21. The number of carbonyl (C=O) groups excluding carboxylic acids is 1. The van der Waals surface area contributed by atoms with E-state index in [2.05, 4.69) is 10.3 Å². The van der Waals surface area contributed by atoms with Gasteiger partial charge in [-0.15, -0.1) is 0 Å². The van der Waals surface area contributed by atoms with Gasteiger partial charge >= 0.3 is 0 Å². The Morgan fingerprint density at radius 3 is 2.82 bits per heavy atom. The van der Waals surface area contributed by atoms with E-state index in [0.717, 1.165) is 31.2 Å². The van der Waals surface area contributed by atoms with Crippen LogP contribution in [-0.4, -0.2) is 21.5 Å². The molecule has 1 amide bonds. The van der Waals surface area contributed by atoms with Crippen LogP contribution in [0, 0.1) is 11.7 Å². The Labute approximate surface area is 129 Å². The van der Waals surface area contributed by atoms with Crippen molar-refractivity contribution in [1.29, 1.82) is 0 Å². The number of aryl methyl sites for hydroxylation is 1. The quantitative estimate of drug-likeness (QED) is 0.944. The van der Waals surface area contributed by atoms with Crippen molar-refractivity contribution in [3.63, 3.8) is 0 Å². The van der Waals surface area contributed by atoms with E-state index < -0.39 is 0 Å². The molecule has 4 nitrogen and oxygen atoms in total. The molecule has 1 aromatic heterocycles. The van der Waals surface area contributed by atoms with E-state index >= 15 is 0 Å². The predicted octanol–water partition coefficient (Wildman–Crippen LogP) is 2.70. The molecule has 22 heavy (non-hydrogen) atoms. The SMILES string of the molecule is Cn1ccnc1C(=O)N[C@@H]1CCC[C@@H]1Cc1ccc(F)cc1. The van der Waals surface area contributed by atoms with Crippen LogP contribution in [0.4, 0.5) is 4.39 Å². The predicted molar refractivity (Wildman–Crippen MR) is 81.9 cm³/mol. The minimum Gasteiger partial charge on any atom is -0.346 e. The third-order valence-electron chi connectivity index (χ3n) is 4.41. The molecule has 0 aliphatic heterocycles. The van der Waals surface area contributed by atoms with Crippen molar-refractivity contribution in [3.8, 4) is 0 Å². The Hall–Kier alpha value is -2.17. The summed E-state index contributed by atoms with van der Waals surface area (Å²) < 4.78 is 14.7. The van der Waals surface area contributed by atoms with Gasteiger partial charge in [0.1, 0.15) is 5.82 Å². The maximum absolute atomic E-state index is 13.0. The Morgan fingerprint density at radius 2 is 2.14 bits per heavy atom. The lowest BCUT2D eigenvalue weighted by atomic mass is 9.94. The first-order chi connectivity index (χ1) is 10.6. The number of nitrogens with one attached hydrogen (secondary N) is 1. The molecule has 116 valence electrons. The van der Waals surface area contributed by atoms with E-state index in [0.29, 0.717) is 11.7 Å². The van der Waals surface area contributed by atoms with Crippen LogP contribution in [-0.2, 0) is 13.5 Å². The number of benzene rings is 1. The monoisotopic (exact) mass is 301 g/mol. The standard InChI is InChI=1S/C17H20FN3O/c1-21-10-9-19-16(21)17(22)20-15-4-2-3-13(15)11-12-5-7-14(18)8-6-12/h5-10,13,15H,2-4,11H2,1H3,(H,20,22)/t13-,15-/m1/s1. The summed E-state index contributed by atoms with van der Waals surface area (Å²) in [7, 11) is 1.81. The van der Waals surface area contributed by atoms with Crippen LogP contribution < -0.4 is 5.32 Å². The summed E-state index contributed by atoms with van der Waals surface area (Å²) in [5, 5.41) is 3.11. The van der Waals surface area contributed by atoms with Crippen molar-refractivity contribution in [2.24, 2.45) is 13.0 Å². The average molecular weight is 301 g/mol. The number of carbonyl (C=O) groups is 1. The number of halogens is 1. The lowest BCUT2D eigenvalue weighted by molar-refractivity contribution is 0.0914. The smallest absolute Gasteiger partial charge is 0.287 e. The number of nitrogens with zero attached hydrogens (tertiary/aromatic N) is 2. The minimum atomic E-state index is -0.213. The first-order valence-corrected chi connectivity index (χ1v) is 7.66. The molecule has 3 rings (SSSR count). The topological polar surface area (TPSA) is 46.9 Å². The molecule has 0 radical (unpaired) electrons. The van der Waals surface area contributed by atoms with Crippen molar-refractivity contribution < 1.29 is 9.18 Å². The minimum absolute atomic E-state index is 0.122. The molecule has 0 saturated heterocycles. The van der Waals surface area contributed by atoms with Gasteiger partial charge in [-0.3, -0.25) is 4.79 Å². The number of aromatic nitrogens is 2. The van der Waals surface area contributed by atoms with E-state index in [1.807, 2.05) is 19.2 Å². The Balaban J connectivity index is 1.64. The fourth-order valence-corrected chi connectivity index (χ4v) is 3.21. The van der Waals surface area contributed by atoms with Crippen molar-refractivity contribution in [1.82, 2.24) is 14.9 Å². The zero-order valence-electron chi connectivity index (χ0n) is 12.6. The normalized spacial score (nSPS) is 21.0. The first-order valence-electron chi connectivity index (χ1n) is 7.66. The zero-order chi connectivity index (χ0) is 15.5. The van der Waals surface area contributed by atoms with Crippen molar-refractivity contribution in [2.75, 3.05) is 0 Å². The van der Waals surface area contributed by atoms with Crippen molar-refractivity contribution in [2.45, 2.75) is 31.7 Å².